The van der Waals surface area contributed by atoms with Gasteiger partial charge < -0.3 is 18.1 Å². The third kappa shape index (κ3) is 6.26. The quantitative estimate of drug-likeness (QED) is 0.198. The van der Waals surface area contributed by atoms with Crippen LogP contribution in [0, 0.1) is 28.6 Å². The van der Waals surface area contributed by atoms with Crippen molar-refractivity contribution < 1.29 is 18.1 Å². The van der Waals surface area contributed by atoms with Crippen LogP contribution in [0.25, 0.3) is 0 Å². The molecule has 0 saturated heterocycles. The summed E-state index contributed by atoms with van der Waals surface area (Å²) in [6, 6.07) is 0. The largest absolute Gasteiger partial charge is 0.415 e. The maximum atomic E-state index is 7.52. The lowest BCUT2D eigenvalue weighted by Crippen LogP contribution is -2.65. The normalized spacial score (nSPS) is 39.0. The molecule has 0 spiro atoms. The van der Waals surface area contributed by atoms with Crippen molar-refractivity contribution in [1.82, 2.24) is 0 Å². The van der Waals surface area contributed by atoms with Crippen molar-refractivity contribution in [2.24, 2.45) is 33.7 Å². The summed E-state index contributed by atoms with van der Waals surface area (Å²) in [4.78, 5) is 5.15. The standard InChI is InChI=1S/C31H59NO4Si3/c1-29-18-15-24(32-33-3)21-23(29)13-14-25-26(29)16-19-30(2)27(25)17-20-31(30,36-39(10,11)12)28(35-38(7,8)9)22-34-37(4,5)6/h21,25-28H,13-20,22H2,1-12H3/b32-24+/t25-,26+,27+,28-,29+,30+,31-/m1/s1. The van der Waals surface area contributed by atoms with E-state index in [0.717, 1.165) is 30.4 Å². The summed E-state index contributed by atoms with van der Waals surface area (Å²) in [7, 11) is -3.75. The number of oxime groups is 1. The number of hydrogen-bond donors (Lipinski definition) is 0. The molecule has 7 atom stereocenters. The van der Waals surface area contributed by atoms with Crippen molar-refractivity contribution in [2.45, 2.75) is 136 Å². The molecule has 224 valence electrons. The van der Waals surface area contributed by atoms with Gasteiger partial charge in [0.25, 0.3) is 0 Å². The molecule has 0 amide bonds. The van der Waals surface area contributed by atoms with Crippen molar-refractivity contribution in [3.63, 3.8) is 0 Å². The number of allylic oxidation sites excluding steroid dienone is 2. The molecular weight excluding hydrogens is 535 g/mol. The van der Waals surface area contributed by atoms with Gasteiger partial charge in [-0.15, -0.1) is 0 Å². The van der Waals surface area contributed by atoms with E-state index in [1.807, 2.05) is 0 Å². The van der Waals surface area contributed by atoms with Gasteiger partial charge in [0.2, 0.25) is 0 Å². The summed E-state index contributed by atoms with van der Waals surface area (Å²) in [6.07, 6.45) is 12.0. The predicted octanol–water partition coefficient (Wildman–Crippen LogP) is 8.61. The first kappa shape index (κ1) is 31.7. The zero-order valence-electron chi connectivity index (χ0n) is 27.3. The van der Waals surface area contributed by atoms with Gasteiger partial charge >= 0.3 is 0 Å². The summed E-state index contributed by atoms with van der Waals surface area (Å²) >= 11 is 0. The zero-order valence-corrected chi connectivity index (χ0v) is 30.3. The fourth-order valence-corrected chi connectivity index (χ4v) is 12.4. The van der Waals surface area contributed by atoms with Crippen molar-refractivity contribution >= 4 is 30.7 Å². The lowest BCUT2D eigenvalue weighted by Gasteiger charge is -2.62. The number of hydrogen-bond acceptors (Lipinski definition) is 5. The first-order valence-electron chi connectivity index (χ1n) is 15.7. The first-order valence-corrected chi connectivity index (χ1v) is 25.9. The van der Waals surface area contributed by atoms with E-state index in [2.05, 4.69) is 84.0 Å². The Kier molecular flexibility index (Phi) is 8.76. The van der Waals surface area contributed by atoms with Crippen LogP contribution in [0.3, 0.4) is 0 Å². The highest BCUT2D eigenvalue weighted by atomic mass is 28.4. The molecule has 0 unspecified atom stereocenters. The Balaban J connectivity index is 1.72. The van der Waals surface area contributed by atoms with E-state index in [1.165, 1.54) is 38.5 Å². The van der Waals surface area contributed by atoms with Crippen LogP contribution in [-0.4, -0.2) is 56.1 Å². The fourth-order valence-electron chi connectivity index (χ4n) is 9.12. The van der Waals surface area contributed by atoms with Crippen LogP contribution in [0.2, 0.25) is 58.9 Å². The lowest BCUT2D eigenvalue weighted by molar-refractivity contribution is -0.167. The van der Waals surface area contributed by atoms with Crippen molar-refractivity contribution in [2.75, 3.05) is 13.7 Å². The molecule has 4 rings (SSSR count). The van der Waals surface area contributed by atoms with Gasteiger partial charge in [0, 0.05) is 5.41 Å². The van der Waals surface area contributed by atoms with Gasteiger partial charge in [-0.05, 0) is 140 Å². The van der Waals surface area contributed by atoms with Crippen molar-refractivity contribution in [3.8, 4) is 0 Å². The van der Waals surface area contributed by atoms with Crippen molar-refractivity contribution in [1.29, 1.82) is 0 Å². The van der Waals surface area contributed by atoms with Gasteiger partial charge in [0.05, 0.1) is 24.0 Å². The number of rotatable bonds is 9. The fraction of sp³-hybridized carbons (Fsp3) is 0.903. The Morgan fingerprint density at radius 1 is 0.846 bits per heavy atom. The minimum Gasteiger partial charge on any atom is -0.415 e. The Bertz CT molecular complexity index is 964. The monoisotopic (exact) mass is 593 g/mol. The van der Waals surface area contributed by atoms with Crippen LogP contribution in [0.5, 0.6) is 0 Å². The summed E-state index contributed by atoms with van der Waals surface area (Å²) in [5, 5.41) is 4.32. The molecule has 5 nitrogen and oxygen atoms in total. The molecule has 0 heterocycles. The molecule has 39 heavy (non-hydrogen) atoms. The maximum absolute atomic E-state index is 7.52. The van der Waals surface area contributed by atoms with Crippen molar-refractivity contribution in [3.05, 3.63) is 11.6 Å². The van der Waals surface area contributed by atoms with E-state index in [4.69, 9.17) is 18.1 Å². The molecule has 0 N–H and O–H groups in total. The van der Waals surface area contributed by atoms with E-state index in [-0.39, 0.29) is 22.5 Å². The second kappa shape index (κ2) is 10.8. The Morgan fingerprint density at radius 3 is 2.10 bits per heavy atom. The van der Waals surface area contributed by atoms with E-state index in [0.29, 0.717) is 12.5 Å². The maximum Gasteiger partial charge on any atom is 0.184 e. The molecule has 0 aromatic heterocycles. The highest BCUT2D eigenvalue weighted by molar-refractivity contribution is 6.70. The summed E-state index contributed by atoms with van der Waals surface area (Å²) in [6.45, 7) is 26.9. The summed E-state index contributed by atoms with van der Waals surface area (Å²) < 4.78 is 21.4. The first-order chi connectivity index (χ1) is 17.8. The van der Waals surface area contributed by atoms with Crippen LogP contribution in [0.15, 0.2) is 16.8 Å². The van der Waals surface area contributed by atoms with E-state index in [9.17, 15) is 0 Å². The van der Waals surface area contributed by atoms with Crippen LogP contribution in [0.1, 0.15) is 65.2 Å². The van der Waals surface area contributed by atoms with Gasteiger partial charge in [0.15, 0.2) is 25.0 Å². The molecule has 0 aromatic rings. The Labute approximate surface area is 243 Å². The van der Waals surface area contributed by atoms with Crippen LogP contribution >= 0.6 is 0 Å². The van der Waals surface area contributed by atoms with E-state index >= 15 is 0 Å². The minimum absolute atomic E-state index is 0.00583. The summed E-state index contributed by atoms with van der Waals surface area (Å²) in [5.74, 6) is 2.18. The Hall–Kier alpha value is -0.259. The molecule has 3 fully saturated rings. The molecule has 0 aliphatic heterocycles. The van der Waals surface area contributed by atoms with Gasteiger partial charge in [-0.1, -0.05) is 24.6 Å². The smallest absolute Gasteiger partial charge is 0.184 e. The lowest BCUT2D eigenvalue weighted by atomic mass is 9.46. The van der Waals surface area contributed by atoms with Gasteiger partial charge in [-0.25, -0.2) is 0 Å². The molecule has 0 radical (unpaired) electrons. The van der Waals surface area contributed by atoms with Crippen LogP contribution in [0.4, 0.5) is 0 Å². The second-order valence-electron chi connectivity index (χ2n) is 16.5. The molecule has 8 heteroatoms. The highest BCUT2D eigenvalue weighted by Gasteiger charge is 2.68. The molecule has 0 aromatic carbocycles. The third-order valence-corrected chi connectivity index (χ3v) is 13.5. The topological polar surface area (TPSA) is 49.3 Å². The Morgan fingerprint density at radius 2 is 1.51 bits per heavy atom. The van der Waals surface area contributed by atoms with Gasteiger partial charge in [-0.2, -0.15) is 0 Å². The molecule has 4 aliphatic rings. The van der Waals surface area contributed by atoms with Crippen LogP contribution < -0.4 is 0 Å². The molecular formula is C31H59NO4Si3. The average Bonchev–Trinajstić information content (AvgIpc) is 3.07. The molecule has 4 aliphatic carbocycles. The number of nitrogens with zero attached hydrogens (tertiary/aromatic N) is 1. The SMILES string of the molecule is CO/N=C1/C=C2CC[C@@H]3[C@H](CC[C@@]4(C)[C@H]3CC[C@@]4(O[Si](C)(C)C)[C@@H](CO[Si](C)(C)C)O[Si](C)(C)C)[C@@]2(C)CC1. The summed E-state index contributed by atoms with van der Waals surface area (Å²) in [5.41, 5.74) is 2.88. The van der Waals surface area contributed by atoms with Gasteiger partial charge in [0.1, 0.15) is 7.11 Å². The van der Waals surface area contributed by atoms with E-state index < -0.39 is 25.0 Å². The van der Waals surface area contributed by atoms with Crippen LogP contribution in [-0.2, 0) is 18.1 Å². The van der Waals surface area contributed by atoms with E-state index in [1.54, 1.807) is 12.7 Å². The second-order valence-corrected chi connectivity index (χ2v) is 29.9. The predicted molar refractivity (Wildman–Crippen MR) is 171 cm³/mol. The average molecular weight is 594 g/mol. The molecule has 0 bridgehead atoms. The number of fused-ring (bicyclic) bond motifs is 5. The minimum atomic E-state index is -1.88. The zero-order chi connectivity index (χ0) is 29.1. The highest BCUT2D eigenvalue weighted by Crippen LogP contribution is 2.69. The van der Waals surface area contributed by atoms with Gasteiger partial charge in [-0.3, -0.25) is 0 Å². The third-order valence-electron chi connectivity index (χ3n) is 10.5. The molecule has 3 saturated carbocycles.